The maximum Gasteiger partial charge on any atom is 0.306 e. The van der Waals surface area contributed by atoms with Gasteiger partial charge in [0.15, 0.2) is 0 Å². The molecule has 4 aromatic rings. The number of rotatable bonds is 8. The van der Waals surface area contributed by atoms with E-state index in [1.54, 1.807) is 0 Å². The number of carbonyl (C=O) groups excluding carboxylic acids is 1. The van der Waals surface area contributed by atoms with Crippen molar-refractivity contribution >= 4 is 44.3 Å². The van der Waals surface area contributed by atoms with Gasteiger partial charge in [-0.3, -0.25) is 9.59 Å². The third kappa shape index (κ3) is 3.70. The Hall–Kier alpha value is -3.14. The summed E-state index contributed by atoms with van der Waals surface area (Å²) < 4.78 is 5.84. The van der Waals surface area contributed by atoms with Gasteiger partial charge in [-0.2, -0.15) is 0 Å². The van der Waals surface area contributed by atoms with Crippen molar-refractivity contribution < 1.29 is 19.4 Å². The van der Waals surface area contributed by atoms with Crippen molar-refractivity contribution in [3.8, 4) is 0 Å². The minimum Gasteiger partial charge on any atom is -0.481 e. The molecule has 0 spiro atoms. The van der Waals surface area contributed by atoms with Gasteiger partial charge in [0, 0.05) is 18.4 Å². The summed E-state index contributed by atoms with van der Waals surface area (Å²) in [5, 5.41) is 16.1. The van der Waals surface area contributed by atoms with Gasteiger partial charge in [-0.15, -0.1) is 0 Å². The van der Waals surface area contributed by atoms with Gasteiger partial charge in [-0.25, -0.2) is 0 Å². The second kappa shape index (κ2) is 8.31. The first-order valence-electron chi connectivity index (χ1n) is 10.6. The first-order chi connectivity index (χ1) is 14.5. The topological polar surface area (TPSA) is 63.6 Å². The summed E-state index contributed by atoms with van der Waals surface area (Å²) in [7, 11) is 0. The van der Waals surface area contributed by atoms with Crippen LogP contribution in [0.15, 0.2) is 48.5 Å². The summed E-state index contributed by atoms with van der Waals surface area (Å²) in [6.07, 6.45) is 1.64. The summed E-state index contributed by atoms with van der Waals surface area (Å²) in [4.78, 5) is 23.3. The molecule has 0 saturated carbocycles. The van der Waals surface area contributed by atoms with E-state index in [9.17, 15) is 9.59 Å². The lowest BCUT2D eigenvalue weighted by Gasteiger charge is -2.22. The molecular weight excluding hydrogens is 376 g/mol. The van der Waals surface area contributed by atoms with Crippen LogP contribution >= 0.6 is 0 Å². The Morgan fingerprint density at radius 3 is 2.23 bits per heavy atom. The first kappa shape index (κ1) is 20.1. The second-order valence-electron chi connectivity index (χ2n) is 7.97. The van der Waals surface area contributed by atoms with Gasteiger partial charge in [0.2, 0.25) is 0 Å². The molecule has 1 atom stereocenters. The lowest BCUT2D eigenvalue weighted by Crippen LogP contribution is -2.12. The van der Waals surface area contributed by atoms with Crippen LogP contribution in [0.3, 0.4) is 0 Å². The lowest BCUT2D eigenvalue weighted by atomic mass is 9.88. The number of hydrogen-bond acceptors (Lipinski definition) is 3. The van der Waals surface area contributed by atoms with E-state index in [0.717, 1.165) is 22.8 Å². The molecule has 0 aliphatic heterocycles. The van der Waals surface area contributed by atoms with Crippen LogP contribution in [-0.2, 0) is 14.3 Å². The van der Waals surface area contributed by atoms with Crippen molar-refractivity contribution in [2.45, 2.75) is 52.1 Å². The highest BCUT2D eigenvalue weighted by Crippen LogP contribution is 2.40. The molecule has 4 heteroatoms. The molecule has 4 rings (SSSR count). The van der Waals surface area contributed by atoms with Gasteiger partial charge in [0.1, 0.15) is 6.10 Å². The Balaban J connectivity index is 1.86. The summed E-state index contributed by atoms with van der Waals surface area (Å²) in [5.74, 6) is -1.07. The number of ether oxygens (including phenoxy) is 1. The molecule has 1 unspecified atom stereocenters. The van der Waals surface area contributed by atoms with Gasteiger partial charge in [0.25, 0.3) is 0 Å². The summed E-state index contributed by atoms with van der Waals surface area (Å²) in [5.41, 5.74) is 2.18. The van der Waals surface area contributed by atoms with E-state index in [4.69, 9.17) is 9.84 Å². The third-order valence-corrected chi connectivity index (χ3v) is 5.85. The number of carbonyl (C=O) groups is 2. The zero-order chi connectivity index (χ0) is 21.3. The molecule has 0 aliphatic rings. The van der Waals surface area contributed by atoms with Gasteiger partial charge in [-0.05, 0) is 64.1 Å². The van der Waals surface area contributed by atoms with E-state index in [0.29, 0.717) is 19.3 Å². The number of esters is 1. The van der Waals surface area contributed by atoms with Crippen LogP contribution in [0.4, 0.5) is 0 Å². The number of carboxylic acid groups (broad SMARTS) is 1. The minimum atomic E-state index is -0.834. The highest BCUT2D eigenvalue weighted by Gasteiger charge is 2.21. The van der Waals surface area contributed by atoms with Crippen LogP contribution in [0.1, 0.15) is 56.3 Å². The van der Waals surface area contributed by atoms with Gasteiger partial charge >= 0.3 is 11.9 Å². The van der Waals surface area contributed by atoms with Crippen LogP contribution in [0.2, 0.25) is 0 Å². The largest absolute Gasteiger partial charge is 0.481 e. The van der Waals surface area contributed by atoms with E-state index in [1.165, 1.54) is 27.1 Å². The van der Waals surface area contributed by atoms with Crippen LogP contribution in [0.5, 0.6) is 0 Å². The van der Waals surface area contributed by atoms with Gasteiger partial charge < -0.3 is 9.84 Å². The molecule has 0 bridgehead atoms. The number of aryl methyl sites for hydroxylation is 1. The van der Waals surface area contributed by atoms with Gasteiger partial charge in [-0.1, -0.05) is 55.5 Å². The molecule has 0 aliphatic carbocycles. The quantitative estimate of drug-likeness (QED) is 0.269. The minimum absolute atomic E-state index is 0.0624. The normalized spacial score (nSPS) is 12.6. The van der Waals surface area contributed by atoms with Crippen molar-refractivity contribution in [3.63, 3.8) is 0 Å². The standard InChI is InChI=1S/C26H26O4/c1-3-5-24(29)30-22(6-4-7-23(27)28)20-13-12-18-11-10-17-9-8-16(2)19-14-15-21(20)26(18)25(17)19/h8-15,22H,3-7H2,1-2H3,(H,27,28). The molecule has 30 heavy (non-hydrogen) atoms. The number of carboxylic acids is 1. The Morgan fingerprint density at radius 2 is 1.53 bits per heavy atom. The summed E-state index contributed by atoms with van der Waals surface area (Å²) in [6.45, 7) is 4.06. The molecule has 0 radical (unpaired) electrons. The molecule has 0 amide bonds. The fourth-order valence-corrected chi connectivity index (χ4v) is 4.39. The Bertz CT molecular complexity index is 1220. The molecule has 0 fully saturated rings. The number of benzene rings is 4. The van der Waals surface area contributed by atoms with Crippen LogP contribution in [0, 0.1) is 6.92 Å². The zero-order valence-electron chi connectivity index (χ0n) is 17.4. The average Bonchev–Trinajstić information content (AvgIpc) is 2.72. The molecule has 4 aromatic carbocycles. The molecule has 0 aromatic heterocycles. The van der Waals surface area contributed by atoms with E-state index >= 15 is 0 Å². The summed E-state index contributed by atoms with van der Waals surface area (Å²) in [6, 6.07) is 16.9. The smallest absolute Gasteiger partial charge is 0.306 e. The third-order valence-electron chi connectivity index (χ3n) is 5.85. The number of aliphatic carboxylic acids is 1. The SMILES string of the molecule is CCCC(=O)OC(CCCC(=O)O)c1ccc2ccc3ccc(C)c4ccc1c2c34. The summed E-state index contributed by atoms with van der Waals surface area (Å²) >= 11 is 0. The molecule has 0 saturated heterocycles. The maximum atomic E-state index is 12.3. The zero-order valence-corrected chi connectivity index (χ0v) is 17.4. The van der Waals surface area contributed by atoms with E-state index in [2.05, 4.69) is 49.4 Å². The van der Waals surface area contributed by atoms with E-state index in [1.807, 2.05) is 13.0 Å². The van der Waals surface area contributed by atoms with Crippen LogP contribution in [-0.4, -0.2) is 17.0 Å². The van der Waals surface area contributed by atoms with Crippen LogP contribution in [0.25, 0.3) is 32.3 Å². The highest BCUT2D eigenvalue weighted by atomic mass is 16.5. The first-order valence-corrected chi connectivity index (χ1v) is 10.6. The molecular formula is C26H26O4. The lowest BCUT2D eigenvalue weighted by molar-refractivity contribution is -0.149. The predicted octanol–water partition coefficient (Wildman–Crippen LogP) is 6.53. The van der Waals surface area contributed by atoms with Crippen molar-refractivity contribution in [3.05, 3.63) is 59.7 Å². The Kier molecular flexibility index (Phi) is 5.58. The fraction of sp³-hybridized carbons (Fsp3) is 0.308. The maximum absolute atomic E-state index is 12.3. The molecule has 154 valence electrons. The van der Waals surface area contributed by atoms with Crippen molar-refractivity contribution in [1.29, 1.82) is 0 Å². The average molecular weight is 402 g/mol. The fourth-order valence-electron chi connectivity index (χ4n) is 4.39. The highest BCUT2D eigenvalue weighted by molar-refractivity contribution is 6.24. The van der Waals surface area contributed by atoms with E-state index in [-0.39, 0.29) is 12.4 Å². The van der Waals surface area contributed by atoms with Crippen molar-refractivity contribution in [2.75, 3.05) is 0 Å². The molecule has 0 heterocycles. The second-order valence-corrected chi connectivity index (χ2v) is 7.97. The Morgan fingerprint density at radius 1 is 0.900 bits per heavy atom. The molecule has 4 nitrogen and oxygen atoms in total. The monoisotopic (exact) mass is 402 g/mol. The van der Waals surface area contributed by atoms with Gasteiger partial charge in [0.05, 0.1) is 0 Å². The van der Waals surface area contributed by atoms with Crippen molar-refractivity contribution in [2.24, 2.45) is 0 Å². The molecule has 1 N–H and O–H groups in total. The van der Waals surface area contributed by atoms with Crippen molar-refractivity contribution in [1.82, 2.24) is 0 Å². The van der Waals surface area contributed by atoms with E-state index < -0.39 is 12.1 Å². The Labute approximate surface area is 175 Å². The predicted molar refractivity (Wildman–Crippen MR) is 120 cm³/mol. The van der Waals surface area contributed by atoms with Crippen LogP contribution < -0.4 is 0 Å². The number of hydrogen-bond donors (Lipinski definition) is 1.